The first-order valence-electron chi connectivity index (χ1n) is 15.2. The number of fused-ring (bicyclic) bond motifs is 1. The van der Waals surface area contributed by atoms with Crippen molar-refractivity contribution in [2.45, 2.75) is 78.0 Å². The zero-order valence-electron chi connectivity index (χ0n) is 26.3. The number of rotatable bonds is 15. The number of carbonyl (C=O) groups excluding carboxylic acids is 3. The maximum absolute atomic E-state index is 13.4. The number of amides is 3. The molecule has 1 heterocycles. The Morgan fingerprint density at radius 1 is 1.16 bits per heavy atom. The van der Waals surface area contributed by atoms with Crippen LogP contribution in [0.1, 0.15) is 56.7 Å². The van der Waals surface area contributed by atoms with Crippen LogP contribution in [0.3, 0.4) is 0 Å². The van der Waals surface area contributed by atoms with E-state index >= 15 is 0 Å². The predicted molar refractivity (Wildman–Crippen MR) is 168 cm³/mol. The third kappa shape index (κ3) is 11.2. The fourth-order valence-electron chi connectivity index (χ4n) is 4.93. The van der Waals surface area contributed by atoms with Crippen LogP contribution in [0, 0.1) is 12.8 Å². The molecule has 0 spiro atoms. The molecule has 0 saturated heterocycles. The van der Waals surface area contributed by atoms with Crippen molar-refractivity contribution in [3.05, 3.63) is 59.2 Å². The Morgan fingerprint density at radius 3 is 2.49 bits per heavy atom. The van der Waals surface area contributed by atoms with E-state index in [1.165, 1.54) is 16.0 Å². The number of hydrogen-bond acceptors (Lipinski definition) is 7. The third-order valence-corrected chi connectivity index (χ3v) is 7.77. The van der Waals surface area contributed by atoms with Crippen molar-refractivity contribution in [2.24, 2.45) is 5.92 Å². The SMILES string of the molecule is CCNC(=O)C(CO)N(C)C(=O)C(NCC1CCc2cccc(CCCNC=O)c2O1)C(C)CC.Cc1ccc(O)cc1. The second-order valence-corrected chi connectivity index (χ2v) is 11.0. The number of benzene rings is 2. The van der Waals surface area contributed by atoms with Crippen LogP contribution >= 0.6 is 0 Å². The summed E-state index contributed by atoms with van der Waals surface area (Å²) in [6.07, 6.45) is 4.79. The van der Waals surface area contributed by atoms with Gasteiger partial charge in [0, 0.05) is 26.7 Å². The zero-order valence-corrected chi connectivity index (χ0v) is 26.3. The van der Waals surface area contributed by atoms with Crippen LogP contribution in [0.4, 0.5) is 0 Å². The van der Waals surface area contributed by atoms with Gasteiger partial charge in [-0.15, -0.1) is 0 Å². The summed E-state index contributed by atoms with van der Waals surface area (Å²) in [4.78, 5) is 37.5. The van der Waals surface area contributed by atoms with E-state index in [2.05, 4.69) is 28.1 Å². The highest BCUT2D eigenvalue weighted by Gasteiger charge is 2.34. The molecule has 0 radical (unpaired) electrons. The molecule has 3 amide bonds. The van der Waals surface area contributed by atoms with Gasteiger partial charge < -0.3 is 35.8 Å². The molecule has 1 aliphatic rings. The van der Waals surface area contributed by atoms with E-state index in [1.54, 1.807) is 26.1 Å². The lowest BCUT2D eigenvalue weighted by Gasteiger charge is -2.34. The molecule has 4 atom stereocenters. The molecule has 4 unspecified atom stereocenters. The van der Waals surface area contributed by atoms with E-state index in [9.17, 15) is 19.5 Å². The number of carbonyl (C=O) groups is 3. The third-order valence-electron chi connectivity index (χ3n) is 7.77. The number of phenols is 1. The minimum Gasteiger partial charge on any atom is -0.508 e. The molecule has 1 aliphatic heterocycles. The van der Waals surface area contributed by atoms with Gasteiger partial charge in [-0.05, 0) is 68.7 Å². The molecular weight excluding hydrogens is 548 g/mol. The molecule has 0 aromatic heterocycles. The largest absolute Gasteiger partial charge is 0.508 e. The number of nitrogens with zero attached hydrogens (tertiary/aromatic N) is 1. The van der Waals surface area contributed by atoms with Gasteiger partial charge in [0.05, 0.1) is 12.6 Å². The summed E-state index contributed by atoms with van der Waals surface area (Å²) in [5.41, 5.74) is 3.48. The number of aliphatic hydroxyl groups is 1. The highest BCUT2D eigenvalue weighted by Crippen LogP contribution is 2.32. The lowest BCUT2D eigenvalue weighted by Crippen LogP contribution is -2.57. The maximum Gasteiger partial charge on any atom is 0.245 e. The molecule has 0 saturated carbocycles. The van der Waals surface area contributed by atoms with Crippen molar-refractivity contribution < 1.29 is 29.3 Å². The molecule has 238 valence electrons. The van der Waals surface area contributed by atoms with Gasteiger partial charge in [0.1, 0.15) is 23.6 Å². The number of phenolic OH excluding ortho intramolecular Hbond substituents is 1. The highest BCUT2D eigenvalue weighted by atomic mass is 16.5. The predicted octanol–water partition coefficient (Wildman–Crippen LogP) is 2.72. The van der Waals surface area contributed by atoms with Crippen LogP contribution in [0.5, 0.6) is 11.5 Å². The van der Waals surface area contributed by atoms with E-state index in [4.69, 9.17) is 9.84 Å². The number of aryl methyl sites for hydroxylation is 3. The lowest BCUT2D eigenvalue weighted by atomic mass is 9.95. The van der Waals surface area contributed by atoms with Crippen molar-refractivity contribution in [3.8, 4) is 11.5 Å². The molecule has 5 N–H and O–H groups in total. The van der Waals surface area contributed by atoms with Crippen LogP contribution < -0.4 is 20.7 Å². The number of ether oxygens (including phenoxy) is 1. The Balaban J connectivity index is 0.000000694. The first-order valence-corrected chi connectivity index (χ1v) is 15.2. The van der Waals surface area contributed by atoms with Crippen molar-refractivity contribution in [1.82, 2.24) is 20.9 Å². The summed E-state index contributed by atoms with van der Waals surface area (Å²) in [6, 6.07) is 11.9. The van der Waals surface area contributed by atoms with Crippen molar-refractivity contribution in [1.29, 1.82) is 0 Å². The number of aromatic hydroxyl groups is 1. The Kier molecular flexibility index (Phi) is 15.6. The van der Waals surface area contributed by atoms with Gasteiger partial charge >= 0.3 is 0 Å². The molecule has 0 bridgehead atoms. The number of likely N-dealkylation sites (N-methyl/N-ethyl adjacent to an activating group) is 2. The molecule has 2 aromatic carbocycles. The average molecular weight is 599 g/mol. The molecule has 2 aromatic rings. The van der Waals surface area contributed by atoms with Gasteiger partial charge in [-0.3, -0.25) is 14.4 Å². The van der Waals surface area contributed by atoms with Gasteiger partial charge in [0.15, 0.2) is 0 Å². The zero-order chi connectivity index (χ0) is 31.8. The van der Waals surface area contributed by atoms with Gasteiger partial charge in [-0.2, -0.15) is 0 Å². The van der Waals surface area contributed by atoms with E-state index in [0.717, 1.165) is 43.4 Å². The molecule has 0 aliphatic carbocycles. The number of hydrogen-bond donors (Lipinski definition) is 5. The molecular formula is C33H50N4O6. The number of nitrogens with one attached hydrogen (secondary N) is 3. The van der Waals surface area contributed by atoms with Gasteiger partial charge in [0.2, 0.25) is 18.2 Å². The minimum atomic E-state index is -0.926. The van der Waals surface area contributed by atoms with E-state index in [-0.39, 0.29) is 23.8 Å². The van der Waals surface area contributed by atoms with E-state index in [1.807, 2.05) is 39.0 Å². The molecule has 0 fully saturated rings. The molecule has 43 heavy (non-hydrogen) atoms. The highest BCUT2D eigenvalue weighted by molar-refractivity contribution is 5.90. The summed E-state index contributed by atoms with van der Waals surface area (Å²) < 4.78 is 6.38. The quantitative estimate of drug-likeness (QED) is 0.157. The van der Waals surface area contributed by atoms with Gasteiger partial charge in [-0.25, -0.2) is 0 Å². The second-order valence-electron chi connectivity index (χ2n) is 11.0. The van der Waals surface area contributed by atoms with Gasteiger partial charge in [-0.1, -0.05) is 56.2 Å². The Hall–Kier alpha value is -3.63. The van der Waals surface area contributed by atoms with Crippen molar-refractivity contribution in [2.75, 3.05) is 33.3 Å². The fraction of sp³-hybridized carbons (Fsp3) is 0.545. The first-order chi connectivity index (χ1) is 20.7. The second kappa shape index (κ2) is 18.8. The summed E-state index contributed by atoms with van der Waals surface area (Å²) in [6.45, 7) is 8.93. The Bertz CT molecular complexity index is 1120. The summed E-state index contributed by atoms with van der Waals surface area (Å²) in [5, 5.41) is 27.3. The van der Waals surface area contributed by atoms with Crippen LogP contribution in [0.2, 0.25) is 0 Å². The standard InChI is InChI=1S/C26H42N4O5.C7H8O/c1-5-18(3)23(26(34)30(4)22(16-31)25(33)28-6-2)29-15-21-13-12-20-10-7-9-19(24(20)35-21)11-8-14-27-17-32;1-6-2-4-7(8)5-3-6/h7,9-10,17-18,21-23,29,31H,5-6,8,11-16H2,1-4H3,(H,27,32)(H,28,33);2-5,8H,1H3. The Labute approximate surface area is 256 Å². The van der Waals surface area contributed by atoms with E-state index in [0.29, 0.717) is 31.8 Å². The number of aliphatic hydroxyl groups excluding tert-OH is 1. The number of para-hydroxylation sites is 1. The molecule has 10 nitrogen and oxygen atoms in total. The molecule has 10 heteroatoms. The Morgan fingerprint density at radius 2 is 1.88 bits per heavy atom. The van der Waals surface area contributed by atoms with E-state index < -0.39 is 18.7 Å². The summed E-state index contributed by atoms with van der Waals surface area (Å²) in [7, 11) is 1.56. The van der Waals surface area contributed by atoms with Crippen LogP contribution in [-0.2, 0) is 27.2 Å². The fourth-order valence-corrected chi connectivity index (χ4v) is 4.93. The van der Waals surface area contributed by atoms with Crippen LogP contribution in [0.25, 0.3) is 0 Å². The minimum absolute atomic E-state index is 0.0373. The van der Waals surface area contributed by atoms with Crippen molar-refractivity contribution >= 4 is 18.2 Å². The maximum atomic E-state index is 13.4. The summed E-state index contributed by atoms with van der Waals surface area (Å²) >= 11 is 0. The normalized spacial score (nSPS) is 15.8. The van der Waals surface area contributed by atoms with Crippen LogP contribution in [-0.4, -0.2) is 84.8 Å². The van der Waals surface area contributed by atoms with Crippen LogP contribution in [0.15, 0.2) is 42.5 Å². The average Bonchev–Trinajstić information content (AvgIpc) is 3.01. The summed E-state index contributed by atoms with van der Waals surface area (Å²) in [5.74, 6) is 0.698. The lowest BCUT2D eigenvalue weighted by molar-refractivity contribution is -0.143. The van der Waals surface area contributed by atoms with Crippen molar-refractivity contribution in [3.63, 3.8) is 0 Å². The topological polar surface area (TPSA) is 140 Å². The first kappa shape index (κ1) is 35.6. The smallest absolute Gasteiger partial charge is 0.245 e. The van der Waals surface area contributed by atoms with Gasteiger partial charge in [0.25, 0.3) is 0 Å². The molecule has 3 rings (SSSR count). The monoisotopic (exact) mass is 598 g/mol.